The van der Waals surface area contributed by atoms with E-state index in [1.807, 2.05) is 0 Å². The maximum absolute atomic E-state index is 4.72. The zero-order chi connectivity index (χ0) is 6.85. The minimum atomic E-state index is 0. The smallest absolute Gasteiger partial charge is 1.00 e. The zero-order valence-corrected chi connectivity index (χ0v) is 15.7. The molecule has 3 N–H and O–H groups in total. The van der Waals surface area contributed by atoms with Crippen molar-refractivity contribution in [2.24, 2.45) is 0 Å². The van der Waals surface area contributed by atoms with Gasteiger partial charge in [0.25, 0.3) is 0 Å². The van der Waals surface area contributed by atoms with Gasteiger partial charge in [-0.15, -0.1) is 0 Å². The third-order valence-electron chi connectivity index (χ3n) is 0.681. The summed E-state index contributed by atoms with van der Waals surface area (Å²) in [4.78, 5) is 7.99. The van der Waals surface area contributed by atoms with Crippen LogP contribution in [0.2, 0.25) is 0 Å². The Labute approximate surface area is 156 Å². The van der Waals surface area contributed by atoms with Gasteiger partial charge in [-0.2, -0.15) is 0 Å². The maximum atomic E-state index is 4.72. The first-order chi connectivity index (χ1) is 4.18. The molecule has 0 aromatic carbocycles. The molecule has 0 spiro atoms. The van der Waals surface area contributed by atoms with E-state index in [9.17, 15) is 0 Å². The fraction of sp³-hybridized carbons (Fsp3) is 0. The molecule has 3 nitrogen and oxygen atoms in total. The Hall–Kier alpha value is 2.67. The third-order valence-corrected chi connectivity index (χ3v) is 1.29. The average molecular weight is 249 g/mol. The van der Waals surface area contributed by atoms with Crippen molar-refractivity contribution in [2.45, 2.75) is 0 Å². The van der Waals surface area contributed by atoms with Crippen molar-refractivity contribution in [2.75, 3.05) is 0 Å². The van der Waals surface area contributed by atoms with Crippen molar-refractivity contribution in [3.05, 3.63) is 14.3 Å². The second-order valence-corrected chi connectivity index (χ2v) is 2.59. The quantitative estimate of drug-likeness (QED) is 0.316. The number of nitrogens with one attached hydrogen (secondary N) is 3. The molecular formula is C3H6N3Na3S3. The standard InChI is InChI=1S/C3H3N3S3.3Na.3H/c7-1-4-2(8)6-3(9)5-1;;;;;;/h(H3,4,5,6,7,8,9);;;;;;/q;3*+1;3*-1. The van der Waals surface area contributed by atoms with Crippen molar-refractivity contribution in [3.63, 3.8) is 0 Å². The molecule has 1 aromatic heterocycles. The van der Waals surface area contributed by atoms with Crippen LogP contribution < -0.4 is 88.7 Å². The van der Waals surface area contributed by atoms with Crippen molar-refractivity contribution in [1.82, 2.24) is 15.0 Å². The number of rotatable bonds is 0. The van der Waals surface area contributed by atoms with Gasteiger partial charge in [-0.25, -0.2) is 0 Å². The van der Waals surface area contributed by atoms with Crippen LogP contribution in [0, 0.1) is 14.3 Å². The van der Waals surface area contributed by atoms with Crippen LogP contribution in [0.1, 0.15) is 4.28 Å². The average Bonchev–Trinajstić information content (AvgIpc) is 1.59. The van der Waals surface area contributed by atoms with Gasteiger partial charge < -0.3 is 19.2 Å². The van der Waals surface area contributed by atoms with Crippen molar-refractivity contribution >= 4 is 36.7 Å². The molecule has 0 saturated heterocycles. The van der Waals surface area contributed by atoms with E-state index >= 15 is 0 Å². The van der Waals surface area contributed by atoms with E-state index in [0.29, 0.717) is 14.3 Å². The van der Waals surface area contributed by atoms with Gasteiger partial charge in [-0.1, -0.05) is 0 Å². The number of aromatic amines is 3. The molecule has 12 heavy (non-hydrogen) atoms. The van der Waals surface area contributed by atoms with Gasteiger partial charge in [0.15, 0.2) is 14.3 Å². The monoisotopic (exact) mass is 249 g/mol. The molecule has 0 saturated carbocycles. The van der Waals surface area contributed by atoms with E-state index < -0.39 is 0 Å². The van der Waals surface area contributed by atoms with Crippen LogP contribution in [0.15, 0.2) is 0 Å². The molecule has 0 aliphatic heterocycles. The van der Waals surface area contributed by atoms with Crippen molar-refractivity contribution in [3.8, 4) is 0 Å². The van der Waals surface area contributed by atoms with Gasteiger partial charge in [0.05, 0.1) is 0 Å². The van der Waals surface area contributed by atoms with E-state index in [4.69, 9.17) is 36.7 Å². The van der Waals surface area contributed by atoms with Gasteiger partial charge in [0, 0.05) is 0 Å². The Kier molecular flexibility index (Phi) is 17.1. The molecule has 1 rings (SSSR count). The SMILES string of the molecule is S=c1[nH]c(=S)[nH]c(=S)[nH]1.[H-].[H-].[H-].[Na+].[Na+].[Na+]. The molecule has 9 heteroatoms. The molecule has 54 valence electrons. The molecule has 0 aliphatic rings. The summed E-state index contributed by atoms with van der Waals surface area (Å²) in [5.74, 6) is 0. The Bertz CT molecular complexity index is 297. The van der Waals surface area contributed by atoms with Crippen molar-refractivity contribution < 1.29 is 93.0 Å². The molecule has 0 bridgehead atoms. The summed E-state index contributed by atoms with van der Waals surface area (Å²) in [7, 11) is 0. The predicted molar refractivity (Wildman–Crippen MR) is 45.3 cm³/mol. The summed E-state index contributed by atoms with van der Waals surface area (Å²) in [5.41, 5.74) is 0. The second kappa shape index (κ2) is 10.2. The van der Waals surface area contributed by atoms with Gasteiger partial charge >= 0.3 is 88.7 Å². The molecule has 0 radical (unpaired) electrons. The van der Waals surface area contributed by atoms with Gasteiger partial charge in [-0.3, -0.25) is 0 Å². The Morgan fingerprint density at radius 3 is 1.00 bits per heavy atom. The van der Waals surface area contributed by atoms with E-state index in [-0.39, 0.29) is 93.0 Å². The zero-order valence-electron chi connectivity index (χ0n) is 10.2. The van der Waals surface area contributed by atoms with Crippen LogP contribution in [-0.4, -0.2) is 15.0 Å². The van der Waals surface area contributed by atoms with Crippen LogP contribution in [0.3, 0.4) is 0 Å². The van der Waals surface area contributed by atoms with E-state index in [2.05, 4.69) is 15.0 Å². The second-order valence-electron chi connectivity index (χ2n) is 1.36. The molecule has 0 amide bonds. The molecule has 0 unspecified atom stereocenters. The molecule has 0 fully saturated rings. The molecule has 1 aromatic rings. The summed E-state index contributed by atoms with van der Waals surface area (Å²) < 4.78 is 1.34. The van der Waals surface area contributed by atoms with Gasteiger partial charge in [0.2, 0.25) is 0 Å². The topological polar surface area (TPSA) is 47.4 Å². The van der Waals surface area contributed by atoms with Crippen LogP contribution in [0.4, 0.5) is 0 Å². The van der Waals surface area contributed by atoms with Crippen LogP contribution in [-0.2, 0) is 0 Å². The Morgan fingerprint density at radius 2 is 0.833 bits per heavy atom. The molecule has 0 atom stereocenters. The summed E-state index contributed by atoms with van der Waals surface area (Å²) in [6.07, 6.45) is 0. The Morgan fingerprint density at radius 1 is 0.667 bits per heavy atom. The van der Waals surface area contributed by atoms with E-state index in [0.717, 1.165) is 0 Å². The molecule has 1 heterocycles. The summed E-state index contributed by atoms with van der Waals surface area (Å²) in [5, 5.41) is 0. The van der Waals surface area contributed by atoms with Gasteiger partial charge in [-0.05, 0) is 36.7 Å². The Balaban J connectivity index is -0.0000000337. The van der Waals surface area contributed by atoms with Crippen LogP contribution in [0.25, 0.3) is 0 Å². The minimum Gasteiger partial charge on any atom is -1.00 e. The number of H-pyrrole nitrogens is 3. The number of aromatic nitrogens is 3. The predicted octanol–water partition coefficient (Wildman–Crippen LogP) is -6.79. The van der Waals surface area contributed by atoms with Gasteiger partial charge in [0.1, 0.15) is 0 Å². The summed E-state index contributed by atoms with van der Waals surface area (Å²) >= 11 is 14.2. The maximum Gasteiger partial charge on any atom is 1.00 e. The normalized spacial score (nSPS) is 7.00. The third kappa shape index (κ3) is 8.02. The fourth-order valence-corrected chi connectivity index (χ4v) is 1.21. The summed E-state index contributed by atoms with van der Waals surface area (Å²) in [6, 6.07) is 0. The van der Waals surface area contributed by atoms with Crippen molar-refractivity contribution in [1.29, 1.82) is 0 Å². The summed E-state index contributed by atoms with van der Waals surface area (Å²) in [6.45, 7) is 0. The largest absolute Gasteiger partial charge is 1.00 e. The van der Waals surface area contributed by atoms with E-state index in [1.54, 1.807) is 0 Å². The minimum absolute atomic E-state index is 0. The first-order valence-electron chi connectivity index (χ1n) is 2.11. The van der Waals surface area contributed by atoms with Crippen LogP contribution >= 0.6 is 36.7 Å². The molecule has 0 aliphatic carbocycles. The number of hydrogen-bond donors (Lipinski definition) is 3. The fourth-order valence-electron chi connectivity index (χ4n) is 0.403. The first-order valence-corrected chi connectivity index (χ1v) is 3.34. The van der Waals surface area contributed by atoms with Crippen LogP contribution in [0.5, 0.6) is 0 Å². The number of hydrogen-bond acceptors (Lipinski definition) is 3. The first kappa shape index (κ1) is 20.1. The molecular weight excluding hydrogens is 243 g/mol. The van der Waals surface area contributed by atoms with E-state index in [1.165, 1.54) is 0 Å².